The van der Waals surface area contributed by atoms with Crippen LogP contribution in [0, 0.1) is 0 Å². The molecule has 0 saturated carbocycles. The monoisotopic (exact) mass is 289 g/mol. The zero-order chi connectivity index (χ0) is 14.7. The molecule has 1 aromatic heterocycles. The van der Waals surface area contributed by atoms with E-state index >= 15 is 0 Å². The minimum atomic E-state index is -0.537. The third-order valence-corrected chi connectivity index (χ3v) is 3.18. The Morgan fingerprint density at radius 2 is 2.43 bits per heavy atom. The van der Waals surface area contributed by atoms with Gasteiger partial charge in [-0.15, -0.1) is 10.2 Å². The molecule has 1 unspecified atom stereocenters. The van der Waals surface area contributed by atoms with E-state index in [2.05, 4.69) is 25.5 Å². The molecule has 2 heterocycles. The summed E-state index contributed by atoms with van der Waals surface area (Å²) < 4.78 is 10.8. The maximum Gasteiger partial charge on any atom is 0.340 e. The fraction of sp³-hybridized carbons (Fsp3) is 0.385. The molecule has 1 saturated heterocycles. The molecule has 1 aliphatic heterocycles. The standard InChI is InChI=1S/C13H15N5O3/c1-18-5-6-20-11(8-18)21-13(19)10-4-2-3-9(7-10)12-14-16-17-15-12/h2-4,7,11H,5-6,8H2,1H3,(H,14,15,16,17). The summed E-state index contributed by atoms with van der Waals surface area (Å²) in [6, 6.07) is 6.89. The molecule has 0 spiro atoms. The number of tetrazole rings is 1. The average Bonchev–Trinajstić information content (AvgIpc) is 3.02. The van der Waals surface area contributed by atoms with Gasteiger partial charge in [-0.05, 0) is 24.4 Å². The van der Waals surface area contributed by atoms with Crippen LogP contribution in [-0.2, 0) is 9.47 Å². The van der Waals surface area contributed by atoms with Gasteiger partial charge in [0.2, 0.25) is 12.1 Å². The molecule has 1 aliphatic rings. The van der Waals surface area contributed by atoms with Gasteiger partial charge in [-0.1, -0.05) is 12.1 Å². The van der Waals surface area contributed by atoms with Gasteiger partial charge in [0.05, 0.1) is 18.7 Å². The van der Waals surface area contributed by atoms with Crippen LogP contribution in [0.4, 0.5) is 0 Å². The van der Waals surface area contributed by atoms with Crippen LogP contribution < -0.4 is 0 Å². The van der Waals surface area contributed by atoms with E-state index in [1.54, 1.807) is 24.3 Å². The van der Waals surface area contributed by atoms with Crippen LogP contribution >= 0.6 is 0 Å². The molecule has 8 nitrogen and oxygen atoms in total. The Balaban J connectivity index is 1.71. The maximum atomic E-state index is 12.2. The Labute approximate surface area is 121 Å². The molecule has 1 fully saturated rings. The van der Waals surface area contributed by atoms with E-state index in [9.17, 15) is 4.79 Å². The molecule has 1 aromatic carbocycles. The molecule has 8 heteroatoms. The number of nitrogens with one attached hydrogen (secondary N) is 1. The first-order valence-electron chi connectivity index (χ1n) is 6.57. The summed E-state index contributed by atoms with van der Waals surface area (Å²) in [4.78, 5) is 14.2. The third-order valence-electron chi connectivity index (χ3n) is 3.18. The molecule has 1 atom stereocenters. The number of carbonyl (C=O) groups is 1. The second kappa shape index (κ2) is 5.98. The van der Waals surface area contributed by atoms with Crippen molar-refractivity contribution in [3.8, 4) is 11.4 Å². The molecule has 0 amide bonds. The number of carbonyl (C=O) groups excluding carboxylic acids is 1. The van der Waals surface area contributed by atoms with E-state index in [-0.39, 0.29) is 0 Å². The Morgan fingerprint density at radius 3 is 3.19 bits per heavy atom. The largest absolute Gasteiger partial charge is 0.431 e. The van der Waals surface area contributed by atoms with E-state index in [1.807, 2.05) is 7.05 Å². The summed E-state index contributed by atoms with van der Waals surface area (Å²) in [5.41, 5.74) is 1.12. The zero-order valence-corrected chi connectivity index (χ0v) is 11.5. The van der Waals surface area contributed by atoms with E-state index in [0.29, 0.717) is 30.1 Å². The van der Waals surface area contributed by atoms with Crippen LogP contribution in [0.1, 0.15) is 10.4 Å². The maximum absolute atomic E-state index is 12.2. The summed E-state index contributed by atoms with van der Waals surface area (Å²) in [6.07, 6.45) is -0.537. The van der Waals surface area contributed by atoms with Gasteiger partial charge in [-0.3, -0.25) is 4.90 Å². The number of hydrogen-bond donors (Lipinski definition) is 1. The van der Waals surface area contributed by atoms with Gasteiger partial charge in [0.25, 0.3) is 0 Å². The number of likely N-dealkylation sites (N-methyl/N-ethyl adjacent to an activating group) is 1. The minimum absolute atomic E-state index is 0.425. The zero-order valence-electron chi connectivity index (χ0n) is 11.5. The number of rotatable bonds is 3. The number of H-pyrrole nitrogens is 1. The molecule has 0 bridgehead atoms. The number of aromatic nitrogens is 4. The van der Waals surface area contributed by atoms with Gasteiger partial charge in [0, 0.05) is 12.1 Å². The lowest BCUT2D eigenvalue weighted by Gasteiger charge is -2.29. The highest BCUT2D eigenvalue weighted by atomic mass is 16.7. The first-order chi connectivity index (χ1) is 10.2. The van der Waals surface area contributed by atoms with Gasteiger partial charge in [-0.25, -0.2) is 4.79 Å². The second-order valence-corrected chi connectivity index (χ2v) is 4.78. The topological polar surface area (TPSA) is 93.2 Å². The van der Waals surface area contributed by atoms with Crippen molar-refractivity contribution < 1.29 is 14.3 Å². The molecular formula is C13H15N5O3. The van der Waals surface area contributed by atoms with Gasteiger partial charge < -0.3 is 9.47 Å². The second-order valence-electron chi connectivity index (χ2n) is 4.78. The number of morpholine rings is 1. The lowest BCUT2D eigenvalue weighted by molar-refractivity contribution is -0.146. The summed E-state index contributed by atoms with van der Waals surface area (Å²) in [5, 5.41) is 13.6. The van der Waals surface area contributed by atoms with Crippen molar-refractivity contribution in [3.63, 3.8) is 0 Å². The summed E-state index contributed by atoms with van der Waals surface area (Å²) in [6.45, 7) is 1.95. The van der Waals surface area contributed by atoms with Gasteiger partial charge in [-0.2, -0.15) is 5.21 Å². The number of hydrogen-bond acceptors (Lipinski definition) is 7. The van der Waals surface area contributed by atoms with Crippen molar-refractivity contribution >= 4 is 5.97 Å². The van der Waals surface area contributed by atoms with Gasteiger partial charge >= 0.3 is 5.97 Å². The molecule has 110 valence electrons. The minimum Gasteiger partial charge on any atom is -0.431 e. The van der Waals surface area contributed by atoms with Crippen LogP contribution in [0.5, 0.6) is 0 Å². The Kier molecular flexibility index (Phi) is 3.89. The summed E-state index contributed by atoms with van der Waals surface area (Å²) in [7, 11) is 1.96. The third kappa shape index (κ3) is 3.23. The van der Waals surface area contributed by atoms with Crippen LogP contribution in [-0.4, -0.2) is 64.5 Å². The lowest BCUT2D eigenvalue weighted by atomic mass is 10.1. The number of ether oxygens (including phenoxy) is 2. The molecule has 21 heavy (non-hydrogen) atoms. The molecule has 2 aromatic rings. The first kappa shape index (κ1) is 13.7. The fourth-order valence-corrected chi connectivity index (χ4v) is 2.07. The lowest BCUT2D eigenvalue weighted by Crippen LogP contribution is -2.42. The molecular weight excluding hydrogens is 274 g/mol. The van der Waals surface area contributed by atoms with Gasteiger partial charge in [0.15, 0.2) is 0 Å². The molecule has 0 radical (unpaired) electrons. The first-order valence-corrected chi connectivity index (χ1v) is 6.57. The Hall–Kier alpha value is -2.32. The molecule has 3 rings (SSSR count). The number of nitrogens with zero attached hydrogens (tertiary/aromatic N) is 4. The van der Waals surface area contributed by atoms with Crippen molar-refractivity contribution in [1.29, 1.82) is 0 Å². The van der Waals surface area contributed by atoms with Gasteiger partial charge in [0.1, 0.15) is 0 Å². The number of esters is 1. The van der Waals surface area contributed by atoms with Crippen LogP contribution in [0.15, 0.2) is 24.3 Å². The van der Waals surface area contributed by atoms with Crippen molar-refractivity contribution in [2.45, 2.75) is 6.29 Å². The van der Waals surface area contributed by atoms with Crippen LogP contribution in [0.2, 0.25) is 0 Å². The van der Waals surface area contributed by atoms with Crippen molar-refractivity contribution in [3.05, 3.63) is 29.8 Å². The summed E-state index contributed by atoms with van der Waals surface area (Å²) in [5.74, 6) is -0.000977. The number of aromatic amines is 1. The van der Waals surface area contributed by atoms with Crippen molar-refractivity contribution in [2.75, 3.05) is 26.7 Å². The van der Waals surface area contributed by atoms with E-state index in [1.165, 1.54) is 0 Å². The molecule has 0 aliphatic carbocycles. The highest BCUT2D eigenvalue weighted by molar-refractivity contribution is 5.90. The Bertz CT molecular complexity index is 616. The normalized spacial score (nSPS) is 19.4. The molecule has 1 N–H and O–H groups in total. The van der Waals surface area contributed by atoms with E-state index in [0.717, 1.165) is 6.54 Å². The fourth-order valence-electron chi connectivity index (χ4n) is 2.07. The smallest absolute Gasteiger partial charge is 0.340 e. The average molecular weight is 289 g/mol. The highest BCUT2D eigenvalue weighted by Crippen LogP contribution is 2.16. The van der Waals surface area contributed by atoms with Crippen LogP contribution in [0.25, 0.3) is 11.4 Å². The SMILES string of the molecule is CN1CCOC(OC(=O)c2cccc(-c3nn[nH]n3)c2)C1. The summed E-state index contributed by atoms with van der Waals surface area (Å²) >= 11 is 0. The number of benzene rings is 1. The Morgan fingerprint density at radius 1 is 1.52 bits per heavy atom. The predicted octanol–water partition coefficient (Wildman–Crippen LogP) is 0.312. The van der Waals surface area contributed by atoms with Crippen molar-refractivity contribution in [2.24, 2.45) is 0 Å². The quantitative estimate of drug-likeness (QED) is 0.813. The predicted molar refractivity (Wildman–Crippen MR) is 72.3 cm³/mol. The van der Waals surface area contributed by atoms with E-state index < -0.39 is 12.3 Å². The van der Waals surface area contributed by atoms with E-state index in [4.69, 9.17) is 9.47 Å². The van der Waals surface area contributed by atoms with Crippen LogP contribution in [0.3, 0.4) is 0 Å². The van der Waals surface area contributed by atoms with Crippen molar-refractivity contribution in [1.82, 2.24) is 25.5 Å². The highest BCUT2D eigenvalue weighted by Gasteiger charge is 2.22.